The topological polar surface area (TPSA) is 90.3 Å². The van der Waals surface area contributed by atoms with E-state index in [2.05, 4.69) is 18.2 Å². The van der Waals surface area contributed by atoms with Gasteiger partial charge in [0, 0.05) is 12.4 Å². The molecule has 0 spiro atoms. The molecule has 1 atom stereocenters. The van der Waals surface area contributed by atoms with Gasteiger partial charge in [0.15, 0.2) is 0 Å². The Bertz CT molecular complexity index is 1530. The van der Waals surface area contributed by atoms with Gasteiger partial charge in [-0.2, -0.15) is 5.26 Å². The summed E-state index contributed by atoms with van der Waals surface area (Å²) in [6.07, 6.45) is 0. The number of nitrogens with zero attached hydrogens (tertiary/aromatic N) is 2. The van der Waals surface area contributed by atoms with E-state index in [1.54, 1.807) is 11.6 Å². The van der Waals surface area contributed by atoms with Crippen LogP contribution in [0.25, 0.3) is 10.9 Å². The Kier molecular flexibility index (Phi) is 5.31. The van der Waals surface area contributed by atoms with Gasteiger partial charge >= 0.3 is 0 Å². The van der Waals surface area contributed by atoms with Crippen molar-refractivity contribution >= 4 is 10.9 Å². The first kappa shape index (κ1) is 21.4. The maximum absolute atomic E-state index is 13.4. The van der Waals surface area contributed by atoms with Crippen molar-refractivity contribution in [3.05, 3.63) is 117 Å². The number of rotatable bonds is 4. The monoisotopic (exact) mass is 449 g/mol. The third kappa shape index (κ3) is 3.57. The third-order valence-corrected chi connectivity index (χ3v) is 6.20. The lowest BCUT2D eigenvalue weighted by atomic mass is 9.83. The molecular formula is C28H23N3O3. The number of benzene rings is 3. The second-order valence-corrected chi connectivity index (χ2v) is 8.39. The highest BCUT2D eigenvalue weighted by Gasteiger charge is 2.35. The van der Waals surface area contributed by atoms with Crippen molar-refractivity contribution < 1.29 is 9.47 Å². The van der Waals surface area contributed by atoms with E-state index >= 15 is 0 Å². The molecule has 1 unspecified atom stereocenters. The fourth-order valence-corrected chi connectivity index (χ4v) is 4.37. The van der Waals surface area contributed by atoms with Crippen molar-refractivity contribution in [3.63, 3.8) is 0 Å². The Hall–Kier alpha value is -4.50. The van der Waals surface area contributed by atoms with E-state index in [4.69, 9.17) is 15.2 Å². The van der Waals surface area contributed by atoms with Gasteiger partial charge in [0.05, 0.1) is 17.0 Å². The lowest BCUT2D eigenvalue weighted by Crippen LogP contribution is -2.31. The summed E-state index contributed by atoms with van der Waals surface area (Å²) >= 11 is 0. The number of allylic oxidation sites excluding steroid dienone is 1. The van der Waals surface area contributed by atoms with Gasteiger partial charge < -0.3 is 19.8 Å². The van der Waals surface area contributed by atoms with Gasteiger partial charge in [0.2, 0.25) is 5.88 Å². The molecule has 34 heavy (non-hydrogen) atoms. The molecule has 2 N–H and O–H groups in total. The van der Waals surface area contributed by atoms with Crippen LogP contribution in [0, 0.1) is 18.3 Å². The fourth-order valence-electron chi connectivity index (χ4n) is 4.37. The number of nitrogens with two attached hydrogens (primary N) is 1. The predicted molar refractivity (Wildman–Crippen MR) is 130 cm³/mol. The summed E-state index contributed by atoms with van der Waals surface area (Å²) in [5.41, 5.74) is 10.3. The van der Waals surface area contributed by atoms with Gasteiger partial charge in [0.1, 0.15) is 29.7 Å². The Balaban J connectivity index is 1.55. The lowest BCUT2D eigenvalue weighted by molar-refractivity contribution is 0.306. The first-order chi connectivity index (χ1) is 16.5. The largest absolute Gasteiger partial charge is 0.489 e. The van der Waals surface area contributed by atoms with Gasteiger partial charge in [-0.15, -0.1) is 0 Å². The van der Waals surface area contributed by atoms with E-state index < -0.39 is 5.92 Å². The Labute approximate surface area is 197 Å². The molecule has 1 aromatic heterocycles. The number of hydrogen-bond acceptors (Lipinski definition) is 5. The second kappa shape index (κ2) is 8.45. The number of pyridine rings is 1. The quantitative estimate of drug-likeness (QED) is 0.490. The van der Waals surface area contributed by atoms with Crippen LogP contribution in [-0.4, -0.2) is 4.57 Å². The van der Waals surface area contributed by atoms with Gasteiger partial charge in [-0.1, -0.05) is 54.1 Å². The predicted octanol–water partition coefficient (Wildman–Crippen LogP) is 4.64. The number of hydrogen-bond donors (Lipinski definition) is 1. The smallest absolute Gasteiger partial charge is 0.258 e. The molecule has 0 saturated carbocycles. The highest BCUT2D eigenvalue weighted by Crippen LogP contribution is 2.43. The molecule has 0 bridgehead atoms. The second-order valence-electron chi connectivity index (χ2n) is 8.39. The number of fused-ring (bicyclic) bond motifs is 3. The van der Waals surface area contributed by atoms with E-state index in [0.29, 0.717) is 23.7 Å². The molecule has 6 heteroatoms. The Morgan fingerprint density at radius 2 is 1.76 bits per heavy atom. The first-order valence-electron chi connectivity index (χ1n) is 11.0. The summed E-state index contributed by atoms with van der Waals surface area (Å²) in [6.45, 7) is 2.49. The van der Waals surface area contributed by atoms with Crippen LogP contribution in [0.1, 0.15) is 28.2 Å². The van der Waals surface area contributed by atoms with Crippen molar-refractivity contribution in [3.8, 4) is 17.6 Å². The molecule has 1 aliphatic rings. The minimum atomic E-state index is -0.636. The molecule has 168 valence electrons. The number of ether oxygens (including phenoxy) is 2. The maximum Gasteiger partial charge on any atom is 0.258 e. The summed E-state index contributed by atoms with van der Waals surface area (Å²) in [7, 11) is 1.72. The number of aryl methyl sites for hydroxylation is 2. The molecule has 5 rings (SSSR count). The molecule has 4 aromatic rings. The summed E-state index contributed by atoms with van der Waals surface area (Å²) in [6, 6.07) is 25.2. The lowest BCUT2D eigenvalue weighted by Gasteiger charge is -2.27. The third-order valence-electron chi connectivity index (χ3n) is 6.20. The number of aromatic nitrogens is 1. The van der Waals surface area contributed by atoms with E-state index in [1.807, 2.05) is 67.6 Å². The van der Waals surface area contributed by atoms with E-state index in [1.165, 1.54) is 5.56 Å². The Morgan fingerprint density at radius 3 is 2.47 bits per heavy atom. The van der Waals surface area contributed by atoms with Crippen LogP contribution >= 0.6 is 0 Å². The van der Waals surface area contributed by atoms with Crippen LogP contribution in [0.5, 0.6) is 11.5 Å². The van der Waals surface area contributed by atoms with Crippen molar-refractivity contribution in [1.29, 1.82) is 5.26 Å². The zero-order valence-corrected chi connectivity index (χ0v) is 18.9. The molecule has 0 saturated heterocycles. The van der Waals surface area contributed by atoms with E-state index in [9.17, 15) is 10.1 Å². The highest BCUT2D eigenvalue weighted by atomic mass is 16.5. The van der Waals surface area contributed by atoms with Gasteiger partial charge in [-0.3, -0.25) is 4.79 Å². The average Bonchev–Trinajstić information content (AvgIpc) is 2.86. The summed E-state index contributed by atoms with van der Waals surface area (Å²) in [5.74, 6) is 0.472. The van der Waals surface area contributed by atoms with Crippen molar-refractivity contribution in [1.82, 2.24) is 4.57 Å². The molecule has 0 aliphatic carbocycles. The molecule has 0 amide bonds. The van der Waals surface area contributed by atoms with Crippen LogP contribution < -0.4 is 20.8 Å². The Morgan fingerprint density at radius 1 is 1.06 bits per heavy atom. The molecule has 0 radical (unpaired) electrons. The van der Waals surface area contributed by atoms with Gasteiger partial charge in [-0.25, -0.2) is 0 Å². The minimum Gasteiger partial charge on any atom is -0.489 e. The minimum absolute atomic E-state index is 0.0121. The molecule has 3 aromatic carbocycles. The molecule has 0 fully saturated rings. The fraction of sp³-hybridized carbons (Fsp3) is 0.143. The highest BCUT2D eigenvalue weighted by molar-refractivity contribution is 5.88. The van der Waals surface area contributed by atoms with Crippen molar-refractivity contribution in [2.45, 2.75) is 19.4 Å². The zero-order valence-electron chi connectivity index (χ0n) is 18.9. The molecule has 2 heterocycles. The van der Waals surface area contributed by atoms with Crippen LogP contribution in [0.2, 0.25) is 0 Å². The summed E-state index contributed by atoms with van der Waals surface area (Å²) in [5, 5.41) is 10.6. The summed E-state index contributed by atoms with van der Waals surface area (Å²) < 4.78 is 13.4. The van der Waals surface area contributed by atoms with E-state index in [-0.39, 0.29) is 17.0 Å². The summed E-state index contributed by atoms with van der Waals surface area (Å²) in [4.78, 5) is 13.4. The zero-order chi connectivity index (χ0) is 23.8. The van der Waals surface area contributed by atoms with Crippen LogP contribution in [-0.2, 0) is 13.7 Å². The number of para-hydroxylation sites is 1. The van der Waals surface area contributed by atoms with Crippen molar-refractivity contribution in [2.75, 3.05) is 0 Å². The molecule has 6 nitrogen and oxygen atoms in total. The van der Waals surface area contributed by atoms with E-state index in [0.717, 1.165) is 22.0 Å². The number of nitriles is 1. The standard InChI is InChI=1S/C28H23N3O3/c1-17-7-9-18(10-8-17)16-33-20-13-11-19(12-14-20)24-22(15-29)27(30)34-26-21-5-3-4-6-23(21)31(2)28(32)25(24)26/h3-14,24H,16,30H2,1-2H3. The van der Waals surface area contributed by atoms with Gasteiger partial charge in [0.25, 0.3) is 5.56 Å². The maximum atomic E-state index is 13.4. The average molecular weight is 450 g/mol. The SMILES string of the molecule is Cc1ccc(COc2ccc(C3C(C#N)=C(N)Oc4c3c(=O)n(C)c3ccccc43)cc2)cc1. The first-order valence-corrected chi connectivity index (χ1v) is 11.0. The van der Waals surface area contributed by atoms with Crippen LogP contribution in [0.15, 0.2) is 89.0 Å². The normalized spacial score (nSPS) is 14.9. The molecular weight excluding hydrogens is 426 g/mol. The van der Waals surface area contributed by atoms with Crippen molar-refractivity contribution in [2.24, 2.45) is 12.8 Å². The van der Waals surface area contributed by atoms with Crippen LogP contribution in [0.4, 0.5) is 0 Å². The van der Waals surface area contributed by atoms with Crippen LogP contribution in [0.3, 0.4) is 0 Å². The van der Waals surface area contributed by atoms with Gasteiger partial charge in [-0.05, 0) is 42.3 Å². The molecule has 1 aliphatic heterocycles.